The molecule has 3 N–H and O–H groups in total. The van der Waals surface area contributed by atoms with Crippen LogP contribution in [0.25, 0.3) is 0 Å². The molecule has 2 saturated heterocycles. The summed E-state index contributed by atoms with van der Waals surface area (Å²) in [6.07, 6.45) is 0.0869. The predicted molar refractivity (Wildman–Crippen MR) is 133 cm³/mol. The molecule has 4 aliphatic rings. The van der Waals surface area contributed by atoms with Crippen LogP contribution in [-0.2, 0) is 18.4 Å². The van der Waals surface area contributed by atoms with Crippen molar-refractivity contribution in [3.63, 3.8) is 0 Å². The highest BCUT2D eigenvalue weighted by molar-refractivity contribution is 6.00. The van der Waals surface area contributed by atoms with Crippen LogP contribution in [-0.4, -0.2) is 78.1 Å². The van der Waals surface area contributed by atoms with Gasteiger partial charge >= 0.3 is 0 Å². The Morgan fingerprint density at radius 3 is 2.57 bits per heavy atom. The number of β-amino-alcohol motifs (C(OH)–C–C–N with tert-alkyl or cyclic N) is 1. The number of fused-ring (bicyclic) bond motifs is 2. The summed E-state index contributed by atoms with van der Waals surface area (Å²) in [5.41, 5.74) is 4.70. The zero-order valence-electron chi connectivity index (χ0n) is 20.5. The summed E-state index contributed by atoms with van der Waals surface area (Å²) in [6, 6.07) is 13.7. The second-order valence-corrected chi connectivity index (χ2v) is 11.6. The summed E-state index contributed by atoms with van der Waals surface area (Å²) in [4.78, 5) is 30.2. The maximum Gasteiger partial charge on any atom is 0.254 e. The van der Waals surface area contributed by atoms with E-state index in [2.05, 4.69) is 36.6 Å². The molecule has 0 saturated carbocycles. The van der Waals surface area contributed by atoms with Gasteiger partial charge in [0.15, 0.2) is 0 Å². The fourth-order valence-electron chi connectivity index (χ4n) is 6.27. The Kier molecular flexibility index (Phi) is 5.29. The first-order chi connectivity index (χ1) is 16.7. The van der Waals surface area contributed by atoms with Crippen LogP contribution in [0.1, 0.15) is 51.3 Å². The number of amides is 2. The Hall–Kier alpha value is -2.74. The SMILES string of the molecule is CC1(C)CN(C[C@@H](O)[C@@H]2Cc3ccccc3CN2)C(=O)c2ccc(C(=O)N3CC4(CNC4)C3)cc21. The van der Waals surface area contributed by atoms with Crippen molar-refractivity contribution >= 4 is 11.8 Å². The lowest BCUT2D eigenvalue weighted by molar-refractivity contribution is -0.0248. The van der Waals surface area contributed by atoms with Crippen LogP contribution in [0, 0.1) is 5.41 Å². The molecule has 2 fully saturated rings. The van der Waals surface area contributed by atoms with Crippen molar-refractivity contribution in [1.29, 1.82) is 0 Å². The summed E-state index contributed by atoms with van der Waals surface area (Å²) in [7, 11) is 0. The maximum absolute atomic E-state index is 13.4. The zero-order valence-corrected chi connectivity index (χ0v) is 20.5. The third kappa shape index (κ3) is 3.86. The fraction of sp³-hybridized carbons (Fsp3) is 0.500. The van der Waals surface area contributed by atoms with E-state index in [4.69, 9.17) is 0 Å². The van der Waals surface area contributed by atoms with Gasteiger partial charge in [-0.3, -0.25) is 9.59 Å². The smallest absolute Gasteiger partial charge is 0.254 e. The molecular weight excluding hydrogens is 440 g/mol. The number of nitrogens with one attached hydrogen (secondary N) is 2. The molecule has 7 nitrogen and oxygen atoms in total. The van der Waals surface area contributed by atoms with Crippen molar-refractivity contribution in [3.8, 4) is 0 Å². The van der Waals surface area contributed by atoms with Crippen LogP contribution in [0.2, 0.25) is 0 Å². The van der Waals surface area contributed by atoms with E-state index in [9.17, 15) is 14.7 Å². The second kappa shape index (κ2) is 8.15. The maximum atomic E-state index is 13.4. The first-order valence-corrected chi connectivity index (χ1v) is 12.7. The third-order valence-corrected chi connectivity index (χ3v) is 8.42. The summed E-state index contributed by atoms with van der Waals surface area (Å²) in [5, 5.41) is 17.8. The largest absolute Gasteiger partial charge is 0.390 e. The standard InChI is InChI=1S/C28H34N4O3/c1-27(2)15-31(12-24(33)23-10-18-5-3-4-6-20(18)11-30-23)26(35)21-8-7-19(9-22(21)27)25(34)32-16-28(17-32)13-29-14-28/h3-9,23-24,29-30,33H,10-17H2,1-2H3/t23-,24+/m0/s1. The molecule has 4 heterocycles. The van der Waals surface area contributed by atoms with E-state index in [-0.39, 0.29) is 35.2 Å². The van der Waals surface area contributed by atoms with Gasteiger partial charge in [0.25, 0.3) is 11.8 Å². The fourth-order valence-corrected chi connectivity index (χ4v) is 6.27. The van der Waals surface area contributed by atoms with Crippen molar-refractivity contribution in [3.05, 3.63) is 70.3 Å². The minimum absolute atomic E-state index is 0.0510. The zero-order chi connectivity index (χ0) is 24.4. The molecule has 2 amide bonds. The molecule has 2 aromatic carbocycles. The minimum Gasteiger partial charge on any atom is -0.390 e. The molecule has 0 aromatic heterocycles. The van der Waals surface area contributed by atoms with Crippen molar-refractivity contribution in [2.75, 3.05) is 39.3 Å². The highest BCUT2D eigenvalue weighted by atomic mass is 16.3. The van der Waals surface area contributed by atoms with Crippen molar-refractivity contribution in [2.24, 2.45) is 5.41 Å². The topological polar surface area (TPSA) is 84.9 Å². The van der Waals surface area contributed by atoms with Crippen LogP contribution in [0.3, 0.4) is 0 Å². The van der Waals surface area contributed by atoms with Gasteiger partial charge in [-0.1, -0.05) is 38.1 Å². The average molecular weight is 475 g/mol. The van der Waals surface area contributed by atoms with Crippen LogP contribution in [0.4, 0.5) is 0 Å². The van der Waals surface area contributed by atoms with Crippen LogP contribution >= 0.6 is 0 Å². The molecule has 4 aliphatic heterocycles. The highest BCUT2D eigenvalue weighted by Crippen LogP contribution is 2.37. The quantitative estimate of drug-likeness (QED) is 0.626. The predicted octanol–water partition coefficient (Wildman–Crippen LogP) is 1.54. The van der Waals surface area contributed by atoms with Gasteiger partial charge in [-0.15, -0.1) is 0 Å². The molecule has 0 aliphatic carbocycles. The van der Waals surface area contributed by atoms with Crippen LogP contribution in [0.15, 0.2) is 42.5 Å². The molecule has 0 unspecified atom stereocenters. The molecule has 6 rings (SSSR count). The van der Waals surface area contributed by atoms with Gasteiger partial charge in [-0.2, -0.15) is 0 Å². The average Bonchev–Trinajstić information content (AvgIpc) is 2.79. The summed E-state index contributed by atoms with van der Waals surface area (Å²) in [6.45, 7) is 9.35. The van der Waals surface area contributed by atoms with E-state index in [1.54, 1.807) is 17.0 Å². The van der Waals surface area contributed by atoms with Gasteiger partial charge in [-0.25, -0.2) is 0 Å². The van der Waals surface area contributed by atoms with E-state index >= 15 is 0 Å². The molecule has 184 valence electrons. The highest BCUT2D eigenvalue weighted by Gasteiger charge is 2.49. The first kappa shape index (κ1) is 22.7. The number of rotatable bonds is 4. The number of carbonyl (C=O) groups is 2. The molecule has 35 heavy (non-hydrogen) atoms. The van der Waals surface area contributed by atoms with Crippen molar-refractivity contribution in [2.45, 2.75) is 44.4 Å². The number of aliphatic hydroxyl groups is 1. The number of benzene rings is 2. The number of hydrogen-bond donors (Lipinski definition) is 3. The number of hydrogen-bond acceptors (Lipinski definition) is 5. The molecular formula is C28H34N4O3. The molecule has 2 aromatic rings. The van der Waals surface area contributed by atoms with E-state index in [1.165, 1.54) is 11.1 Å². The Balaban J connectivity index is 1.16. The van der Waals surface area contributed by atoms with E-state index in [0.29, 0.717) is 17.7 Å². The minimum atomic E-state index is -0.662. The van der Waals surface area contributed by atoms with Crippen LogP contribution < -0.4 is 10.6 Å². The van der Waals surface area contributed by atoms with Gasteiger partial charge < -0.3 is 25.5 Å². The normalized spacial score (nSPS) is 24.8. The first-order valence-electron chi connectivity index (χ1n) is 12.7. The number of nitrogens with zero attached hydrogens (tertiary/aromatic N) is 2. The Morgan fingerprint density at radius 1 is 1.11 bits per heavy atom. The van der Waals surface area contributed by atoms with Gasteiger partial charge in [0.05, 0.1) is 6.10 Å². The Labute approximate surface area is 206 Å². The number of aliphatic hydroxyl groups excluding tert-OH is 1. The van der Waals surface area contributed by atoms with Gasteiger partial charge in [0.1, 0.15) is 0 Å². The second-order valence-electron chi connectivity index (χ2n) is 11.6. The van der Waals surface area contributed by atoms with Crippen molar-refractivity contribution in [1.82, 2.24) is 20.4 Å². The molecule has 0 bridgehead atoms. The molecule has 7 heteroatoms. The van der Waals surface area contributed by atoms with Crippen molar-refractivity contribution < 1.29 is 14.7 Å². The molecule has 2 atom stereocenters. The Morgan fingerprint density at radius 2 is 1.86 bits per heavy atom. The van der Waals surface area contributed by atoms with E-state index < -0.39 is 6.10 Å². The van der Waals surface area contributed by atoms with E-state index in [0.717, 1.165) is 44.7 Å². The number of likely N-dealkylation sites (tertiary alicyclic amines) is 1. The van der Waals surface area contributed by atoms with Gasteiger partial charge in [-0.05, 0) is 41.3 Å². The van der Waals surface area contributed by atoms with E-state index in [1.807, 2.05) is 23.1 Å². The summed E-state index contributed by atoms with van der Waals surface area (Å²) >= 11 is 0. The number of carbonyl (C=O) groups excluding carboxylic acids is 2. The monoisotopic (exact) mass is 474 g/mol. The lowest BCUT2D eigenvalue weighted by atomic mass is 9.74. The lowest BCUT2D eigenvalue weighted by Gasteiger charge is -2.56. The third-order valence-electron chi connectivity index (χ3n) is 8.42. The lowest BCUT2D eigenvalue weighted by Crippen LogP contribution is -2.71. The van der Waals surface area contributed by atoms with Gasteiger partial charge in [0, 0.05) is 73.8 Å². The molecule has 0 radical (unpaired) electrons. The van der Waals surface area contributed by atoms with Gasteiger partial charge in [0.2, 0.25) is 0 Å². The summed E-state index contributed by atoms with van der Waals surface area (Å²) in [5.74, 6) is -0.0212. The summed E-state index contributed by atoms with van der Waals surface area (Å²) < 4.78 is 0. The van der Waals surface area contributed by atoms with Crippen LogP contribution in [0.5, 0.6) is 0 Å². The molecule has 1 spiro atoms. The Bertz CT molecular complexity index is 1180.